The molecule has 0 atom stereocenters. The molecule has 4 nitrogen and oxygen atoms in total. The molecule has 0 saturated heterocycles. The van der Waals surface area contributed by atoms with Gasteiger partial charge in [0, 0.05) is 29.2 Å². The topological polar surface area (TPSA) is 38.8 Å². The van der Waals surface area contributed by atoms with Gasteiger partial charge in [0.05, 0.1) is 5.56 Å². The number of carbonyl (C=O) groups excluding carboxylic acids is 1. The van der Waals surface area contributed by atoms with Gasteiger partial charge in [0.1, 0.15) is 18.2 Å². The highest BCUT2D eigenvalue weighted by Gasteiger charge is 2.33. The van der Waals surface area contributed by atoms with E-state index in [0.717, 1.165) is 52.5 Å². The number of ether oxygens (including phenoxy) is 2. The molecule has 0 bridgehead atoms. The number of fused-ring (bicyclic) bond motifs is 2. The second kappa shape index (κ2) is 9.28. The number of ketones is 1. The number of nitrogens with zero attached hydrogens (tertiary/aromatic N) is 1. The van der Waals surface area contributed by atoms with Gasteiger partial charge in [0.15, 0.2) is 5.76 Å². The van der Waals surface area contributed by atoms with Gasteiger partial charge < -0.3 is 9.47 Å². The molecule has 3 aromatic carbocycles. The van der Waals surface area contributed by atoms with Crippen LogP contribution in [0.5, 0.6) is 11.5 Å². The Balaban J connectivity index is 1.35. The van der Waals surface area contributed by atoms with E-state index in [0.29, 0.717) is 29.7 Å². The largest absolute Gasteiger partial charge is 0.477 e. The maximum absolute atomic E-state index is 13.2. The summed E-state index contributed by atoms with van der Waals surface area (Å²) in [5.41, 5.74) is 5.85. The van der Waals surface area contributed by atoms with Crippen LogP contribution in [0.3, 0.4) is 0 Å². The molecule has 0 radical (unpaired) electrons. The van der Waals surface area contributed by atoms with Gasteiger partial charge in [-0.15, -0.1) is 0 Å². The van der Waals surface area contributed by atoms with Gasteiger partial charge in [0.25, 0.3) is 0 Å². The number of halogens is 1. The fourth-order valence-electron chi connectivity index (χ4n) is 4.55. The summed E-state index contributed by atoms with van der Waals surface area (Å²) in [6, 6.07) is 18.1. The summed E-state index contributed by atoms with van der Waals surface area (Å²) in [5, 5.41) is 0.787. The minimum Gasteiger partial charge on any atom is -0.477 e. The lowest BCUT2D eigenvalue weighted by atomic mass is 9.99. The monoisotopic (exact) mass is 473 g/mol. The molecule has 2 aliphatic heterocycles. The molecule has 0 N–H and O–H groups in total. The Morgan fingerprint density at radius 3 is 2.59 bits per heavy atom. The van der Waals surface area contributed by atoms with E-state index in [1.807, 2.05) is 49.4 Å². The zero-order chi connectivity index (χ0) is 23.8. The van der Waals surface area contributed by atoms with Crippen molar-refractivity contribution >= 4 is 23.5 Å². The number of rotatable bonds is 5. The predicted octanol–water partition coefficient (Wildman–Crippen LogP) is 6.78. The van der Waals surface area contributed by atoms with Crippen LogP contribution < -0.4 is 9.47 Å². The quantitative estimate of drug-likeness (QED) is 0.383. The number of hydrogen-bond acceptors (Lipinski definition) is 4. The minimum absolute atomic E-state index is 0.0815. The van der Waals surface area contributed by atoms with Gasteiger partial charge in [-0.25, -0.2) is 0 Å². The normalized spacial score (nSPS) is 16.4. The summed E-state index contributed by atoms with van der Waals surface area (Å²) in [7, 11) is 0. The number of Topliss-reactive ketones (excluding diaryl/α,β-unsaturated/α-hetero) is 1. The Morgan fingerprint density at radius 2 is 1.85 bits per heavy atom. The summed E-state index contributed by atoms with van der Waals surface area (Å²) in [4.78, 5) is 15.4. The molecule has 0 saturated carbocycles. The van der Waals surface area contributed by atoms with Crippen molar-refractivity contribution in [2.75, 3.05) is 13.3 Å². The van der Waals surface area contributed by atoms with Crippen LogP contribution in [0.2, 0.25) is 5.02 Å². The van der Waals surface area contributed by atoms with E-state index in [1.165, 1.54) is 5.56 Å². The van der Waals surface area contributed by atoms with Crippen molar-refractivity contribution < 1.29 is 14.3 Å². The van der Waals surface area contributed by atoms with Gasteiger partial charge in [-0.3, -0.25) is 9.69 Å². The van der Waals surface area contributed by atoms with Crippen molar-refractivity contribution in [2.45, 2.75) is 39.7 Å². The molecule has 2 heterocycles. The first-order valence-electron chi connectivity index (χ1n) is 11.7. The maximum atomic E-state index is 13.2. The Morgan fingerprint density at radius 1 is 1.09 bits per heavy atom. The van der Waals surface area contributed by atoms with Crippen molar-refractivity contribution in [3.63, 3.8) is 0 Å². The first-order chi connectivity index (χ1) is 16.4. The van der Waals surface area contributed by atoms with Crippen molar-refractivity contribution in [3.8, 4) is 11.5 Å². The Bertz CT molecular complexity index is 1280. The highest BCUT2D eigenvalue weighted by atomic mass is 35.5. The molecule has 0 aromatic heterocycles. The molecular weight excluding hydrogens is 446 g/mol. The fraction of sp³-hybridized carbons (Fsp3) is 0.276. The summed E-state index contributed by atoms with van der Waals surface area (Å²) in [6.45, 7) is 8.33. The van der Waals surface area contributed by atoms with Crippen LogP contribution in [0.15, 0.2) is 60.4 Å². The number of carbonyl (C=O) groups is 1. The van der Waals surface area contributed by atoms with Crippen LogP contribution in [-0.2, 0) is 13.0 Å². The molecule has 0 unspecified atom stereocenters. The Kier molecular flexibility index (Phi) is 6.20. The van der Waals surface area contributed by atoms with E-state index in [2.05, 4.69) is 36.9 Å². The summed E-state index contributed by atoms with van der Waals surface area (Å²) >= 11 is 6.31. The van der Waals surface area contributed by atoms with E-state index in [9.17, 15) is 4.79 Å². The van der Waals surface area contributed by atoms with Gasteiger partial charge in [-0.1, -0.05) is 67.9 Å². The van der Waals surface area contributed by atoms with Crippen LogP contribution in [0.4, 0.5) is 0 Å². The third kappa shape index (κ3) is 4.36. The van der Waals surface area contributed by atoms with Crippen molar-refractivity contribution in [1.82, 2.24) is 4.90 Å². The van der Waals surface area contributed by atoms with Gasteiger partial charge in [-0.05, 0) is 54.2 Å². The third-order valence-electron chi connectivity index (χ3n) is 6.56. The van der Waals surface area contributed by atoms with Crippen LogP contribution in [0.25, 0.3) is 6.08 Å². The number of benzene rings is 3. The number of allylic oxidation sites excluding steroid dienone is 1. The highest BCUT2D eigenvalue weighted by Crippen LogP contribution is 2.43. The molecule has 5 heteroatoms. The van der Waals surface area contributed by atoms with Crippen molar-refractivity contribution in [1.29, 1.82) is 0 Å². The first kappa shape index (κ1) is 22.7. The minimum atomic E-state index is -0.0815. The zero-order valence-corrected chi connectivity index (χ0v) is 20.5. The first-order valence-corrected chi connectivity index (χ1v) is 12.1. The third-order valence-corrected chi connectivity index (χ3v) is 6.93. The molecule has 2 aliphatic rings. The highest BCUT2D eigenvalue weighted by molar-refractivity contribution is 6.31. The summed E-state index contributed by atoms with van der Waals surface area (Å²) < 4.78 is 12.2. The van der Waals surface area contributed by atoms with Crippen LogP contribution in [0, 0.1) is 6.92 Å². The van der Waals surface area contributed by atoms with Crippen molar-refractivity contribution in [2.24, 2.45) is 0 Å². The van der Waals surface area contributed by atoms with E-state index >= 15 is 0 Å². The zero-order valence-electron chi connectivity index (χ0n) is 19.7. The van der Waals surface area contributed by atoms with E-state index in [4.69, 9.17) is 21.1 Å². The Labute approximate surface area is 205 Å². The molecule has 0 fully saturated rings. The van der Waals surface area contributed by atoms with E-state index in [1.54, 1.807) is 0 Å². The smallest absolute Gasteiger partial charge is 0.231 e. The average molecular weight is 474 g/mol. The molecule has 5 rings (SSSR count). The SMILES string of the molecule is Cc1c2c(cc3c1O/C(=C\c1ccc(C(C)C)cc1)C3=O)CN(CCc1ccccc1Cl)CO2. The van der Waals surface area contributed by atoms with Gasteiger partial charge in [-0.2, -0.15) is 0 Å². The standard InChI is InChI=1S/C29H28ClNO3/c1-18(2)21-10-8-20(9-11-21)14-26-27(32)24-15-23-16-31(13-12-22-6-4-5-7-25(22)30)17-33-28(23)19(3)29(24)34-26/h4-11,14-15,18H,12-13,16-17H2,1-3H3/b26-14-. The summed E-state index contributed by atoms with van der Waals surface area (Å²) in [5.74, 6) is 2.17. The fourth-order valence-corrected chi connectivity index (χ4v) is 4.78. The molecule has 174 valence electrons. The molecule has 0 aliphatic carbocycles. The van der Waals surface area contributed by atoms with Gasteiger partial charge in [0.2, 0.25) is 5.78 Å². The lowest BCUT2D eigenvalue weighted by Crippen LogP contribution is -2.34. The van der Waals surface area contributed by atoms with E-state index < -0.39 is 0 Å². The molecular formula is C29H28ClNO3. The molecule has 0 spiro atoms. The summed E-state index contributed by atoms with van der Waals surface area (Å²) in [6.07, 6.45) is 2.66. The molecule has 3 aromatic rings. The number of hydrogen-bond donors (Lipinski definition) is 0. The second-order valence-electron chi connectivity index (χ2n) is 9.30. The van der Waals surface area contributed by atoms with Gasteiger partial charge >= 0.3 is 0 Å². The van der Waals surface area contributed by atoms with Crippen molar-refractivity contribution in [3.05, 3.63) is 98.8 Å². The average Bonchev–Trinajstić information content (AvgIpc) is 3.14. The lowest BCUT2D eigenvalue weighted by molar-refractivity contribution is 0.0954. The molecule has 34 heavy (non-hydrogen) atoms. The van der Waals surface area contributed by atoms with E-state index in [-0.39, 0.29) is 5.78 Å². The molecule has 0 amide bonds. The van der Waals surface area contributed by atoms with Crippen LogP contribution in [0.1, 0.15) is 57.9 Å². The lowest BCUT2D eigenvalue weighted by Gasteiger charge is -2.30. The van der Waals surface area contributed by atoms with Crippen LogP contribution >= 0.6 is 11.6 Å². The Hall–Kier alpha value is -3.08. The predicted molar refractivity (Wildman–Crippen MR) is 136 cm³/mol. The van der Waals surface area contributed by atoms with Crippen LogP contribution in [-0.4, -0.2) is 24.0 Å². The second-order valence-corrected chi connectivity index (χ2v) is 9.70. The maximum Gasteiger partial charge on any atom is 0.231 e.